The molecule has 0 unspecified atom stereocenters. The molecular weight excluding hydrogens is 330 g/mol. The molecule has 0 fully saturated rings. The quantitative estimate of drug-likeness (QED) is 0.654. The van der Waals surface area contributed by atoms with E-state index in [0.29, 0.717) is 5.69 Å². The van der Waals surface area contributed by atoms with E-state index in [1.807, 2.05) is 48.5 Å². The van der Waals surface area contributed by atoms with Gasteiger partial charge in [-0.25, -0.2) is 0 Å². The van der Waals surface area contributed by atoms with Crippen molar-refractivity contribution in [3.8, 4) is 6.07 Å². The fourth-order valence-corrected chi connectivity index (χ4v) is 2.00. The van der Waals surface area contributed by atoms with Crippen LogP contribution in [0.4, 0.5) is 11.4 Å². The summed E-state index contributed by atoms with van der Waals surface area (Å²) in [7, 11) is 0. The van der Waals surface area contributed by atoms with Crippen LogP contribution in [0.1, 0.15) is 0 Å². The lowest BCUT2D eigenvalue weighted by atomic mass is 10.2. The molecule has 2 aromatic carbocycles. The minimum absolute atomic E-state index is 0.00499. The zero-order valence-electron chi connectivity index (χ0n) is 11.0. The summed E-state index contributed by atoms with van der Waals surface area (Å²) in [6.45, 7) is 0. The largest absolute Gasteiger partial charge is 0.359 e. The Hall–Kier alpha value is -2.58. The molecule has 1 amide bonds. The highest BCUT2D eigenvalue weighted by molar-refractivity contribution is 9.10. The Labute approximate surface area is 131 Å². The summed E-state index contributed by atoms with van der Waals surface area (Å²) >= 11 is 3.38. The predicted octanol–water partition coefficient (Wildman–Crippen LogP) is 3.91. The van der Waals surface area contributed by atoms with E-state index in [-0.39, 0.29) is 5.57 Å². The van der Waals surface area contributed by atoms with Gasteiger partial charge in [0.15, 0.2) is 0 Å². The van der Waals surface area contributed by atoms with Crippen LogP contribution in [-0.4, -0.2) is 5.91 Å². The van der Waals surface area contributed by atoms with Gasteiger partial charge in [-0.1, -0.05) is 30.3 Å². The van der Waals surface area contributed by atoms with Gasteiger partial charge < -0.3 is 10.6 Å². The number of rotatable bonds is 4. The van der Waals surface area contributed by atoms with Crippen LogP contribution in [0.3, 0.4) is 0 Å². The monoisotopic (exact) mass is 341 g/mol. The van der Waals surface area contributed by atoms with Crippen LogP contribution in [0.5, 0.6) is 0 Å². The van der Waals surface area contributed by atoms with Crippen molar-refractivity contribution < 1.29 is 4.79 Å². The average Bonchev–Trinajstić information content (AvgIpc) is 2.50. The first-order chi connectivity index (χ1) is 10.2. The van der Waals surface area contributed by atoms with Crippen molar-refractivity contribution in [3.63, 3.8) is 0 Å². The van der Waals surface area contributed by atoms with Crippen LogP contribution >= 0.6 is 15.9 Å². The second kappa shape index (κ2) is 7.27. The molecule has 0 radical (unpaired) electrons. The number of hydrogen-bond donors (Lipinski definition) is 2. The first-order valence-corrected chi connectivity index (χ1v) is 6.98. The Morgan fingerprint density at radius 1 is 1.10 bits per heavy atom. The maximum atomic E-state index is 12.0. The van der Waals surface area contributed by atoms with Gasteiger partial charge in [0.05, 0.1) is 5.69 Å². The minimum atomic E-state index is -0.455. The maximum Gasteiger partial charge on any atom is 0.267 e. The number of amides is 1. The zero-order chi connectivity index (χ0) is 15.1. The average molecular weight is 342 g/mol. The molecule has 4 nitrogen and oxygen atoms in total. The molecule has 0 aliphatic heterocycles. The summed E-state index contributed by atoms with van der Waals surface area (Å²) in [4.78, 5) is 12.0. The highest BCUT2D eigenvalue weighted by atomic mass is 79.9. The van der Waals surface area contributed by atoms with E-state index >= 15 is 0 Å². The molecule has 0 atom stereocenters. The van der Waals surface area contributed by atoms with E-state index in [1.54, 1.807) is 12.1 Å². The SMILES string of the molecule is N#C/C(=C\Nc1ccccc1Br)C(=O)Nc1ccccc1. The van der Waals surface area contributed by atoms with Crippen molar-refractivity contribution >= 4 is 33.2 Å². The fourth-order valence-electron chi connectivity index (χ4n) is 1.60. The number of halogens is 1. The number of para-hydroxylation sites is 2. The van der Waals surface area contributed by atoms with E-state index in [4.69, 9.17) is 5.26 Å². The molecular formula is C16H12BrN3O. The van der Waals surface area contributed by atoms with Gasteiger partial charge in [-0.15, -0.1) is 0 Å². The molecule has 0 aliphatic carbocycles. The van der Waals surface area contributed by atoms with E-state index in [9.17, 15) is 4.79 Å². The standard InChI is InChI=1S/C16H12BrN3O/c17-14-8-4-5-9-15(14)19-11-12(10-18)16(21)20-13-6-2-1-3-7-13/h1-9,11,19H,(H,20,21)/b12-11+. The van der Waals surface area contributed by atoms with E-state index in [2.05, 4.69) is 26.6 Å². The molecule has 0 saturated heterocycles. The van der Waals surface area contributed by atoms with Crippen molar-refractivity contribution in [2.75, 3.05) is 10.6 Å². The second-order valence-corrected chi connectivity index (χ2v) is 4.97. The molecule has 0 aromatic heterocycles. The number of nitrogens with zero attached hydrogens (tertiary/aromatic N) is 1. The number of nitriles is 1. The number of benzene rings is 2. The summed E-state index contributed by atoms with van der Waals surface area (Å²) in [6, 6.07) is 18.3. The third kappa shape index (κ3) is 4.20. The molecule has 0 spiro atoms. The smallest absolute Gasteiger partial charge is 0.267 e. The molecule has 0 saturated carbocycles. The highest BCUT2D eigenvalue weighted by Gasteiger charge is 2.09. The lowest BCUT2D eigenvalue weighted by Crippen LogP contribution is -2.14. The van der Waals surface area contributed by atoms with Crippen molar-refractivity contribution in [2.24, 2.45) is 0 Å². The van der Waals surface area contributed by atoms with Crippen LogP contribution in [0.2, 0.25) is 0 Å². The third-order valence-corrected chi connectivity index (χ3v) is 3.33. The highest BCUT2D eigenvalue weighted by Crippen LogP contribution is 2.21. The summed E-state index contributed by atoms with van der Waals surface area (Å²) in [5.41, 5.74) is 1.41. The lowest BCUT2D eigenvalue weighted by molar-refractivity contribution is -0.112. The Balaban J connectivity index is 2.09. The van der Waals surface area contributed by atoms with Gasteiger partial charge in [-0.3, -0.25) is 4.79 Å². The van der Waals surface area contributed by atoms with Gasteiger partial charge in [-0.05, 0) is 40.2 Å². The van der Waals surface area contributed by atoms with Crippen LogP contribution < -0.4 is 10.6 Å². The fraction of sp³-hybridized carbons (Fsp3) is 0. The van der Waals surface area contributed by atoms with Crippen molar-refractivity contribution in [3.05, 3.63) is 70.8 Å². The number of carbonyl (C=O) groups excluding carboxylic acids is 1. The summed E-state index contributed by atoms with van der Waals surface area (Å²) in [5.74, 6) is -0.455. The molecule has 2 rings (SSSR count). The number of hydrogen-bond acceptors (Lipinski definition) is 3. The van der Waals surface area contributed by atoms with Crippen molar-refractivity contribution in [1.82, 2.24) is 0 Å². The molecule has 104 valence electrons. The van der Waals surface area contributed by atoms with Crippen LogP contribution in [0.15, 0.2) is 70.8 Å². The molecule has 2 aromatic rings. The van der Waals surface area contributed by atoms with Crippen LogP contribution in [-0.2, 0) is 4.79 Å². The third-order valence-electron chi connectivity index (χ3n) is 2.64. The second-order valence-electron chi connectivity index (χ2n) is 4.11. The summed E-state index contributed by atoms with van der Waals surface area (Å²) in [5, 5.41) is 14.7. The zero-order valence-corrected chi connectivity index (χ0v) is 12.6. The Morgan fingerprint density at radius 2 is 1.76 bits per heavy atom. The first-order valence-electron chi connectivity index (χ1n) is 6.18. The number of anilines is 2. The Kier molecular flexibility index (Phi) is 5.13. The normalized spacial score (nSPS) is 10.6. The molecule has 5 heteroatoms. The summed E-state index contributed by atoms with van der Waals surface area (Å²) in [6.07, 6.45) is 1.39. The van der Waals surface area contributed by atoms with E-state index < -0.39 is 5.91 Å². The van der Waals surface area contributed by atoms with E-state index in [1.165, 1.54) is 6.20 Å². The number of carbonyl (C=O) groups is 1. The predicted molar refractivity (Wildman–Crippen MR) is 86.5 cm³/mol. The van der Waals surface area contributed by atoms with Gasteiger partial charge in [0.2, 0.25) is 0 Å². The van der Waals surface area contributed by atoms with Crippen LogP contribution in [0.25, 0.3) is 0 Å². The molecule has 0 bridgehead atoms. The summed E-state index contributed by atoms with van der Waals surface area (Å²) < 4.78 is 0.849. The Morgan fingerprint density at radius 3 is 2.43 bits per heavy atom. The molecule has 0 aliphatic rings. The van der Waals surface area contributed by atoms with Gasteiger partial charge in [-0.2, -0.15) is 5.26 Å². The minimum Gasteiger partial charge on any atom is -0.359 e. The topological polar surface area (TPSA) is 64.9 Å². The molecule has 21 heavy (non-hydrogen) atoms. The molecule has 0 heterocycles. The van der Waals surface area contributed by atoms with Gasteiger partial charge in [0.1, 0.15) is 11.6 Å². The Bertz CT molecular complexity index is 705. The van der Waals surface area contributed by atoms with Crippen LogP contribution in [0, 0.1) is 11.3 Å². The van der Waals surface area contributed by atoms with Gasteiger partial charge >= 0.3 is 0 Å². The number of nitrogens with one attached hydrogen (secondary N) is 2. The van der Waals surface area contributed by atoms with Crippen molar-refractivity contribution in [2.45, 2.75) is 0 Å². The lowest BCUT2D eigenvalue weighted by Gasteiger charge is -2.06. The first kappa shape index (κ1) is 14.8. The van der Waals surface area contributed by atoms with E-state index in [0.717, 1.165) is 10.2 Å². The van der Waals surface area contributed by atoms with Gasteiger partial charge in [0.25, 0.3) is 5.91 Å². The van der Waals surface area contributed by atoms with Gasteiger partial charge in [0, 0.05) is 16.4 Å². The molecule has 2 N–H and O–H groups in total. The maximum absolute atomic E-state index is 12.0. The van der Waals surface area contributed by atoms with Crippen molar-refractivity contribution in [1.29, 1.82) is 5.26 Å².